The van der Waals surface area contributed by atoms with E-state index in [0.717, 1.165) is 5.56 Å². The molecule has 0 spiro atoms. The first-order valence-electron chi connectivity index (χ1n) is 13.2. The second-order valence-corrected chi connectivity index (χ2v) is 22.9. The standard InChI is InChI=1S/C28H47NO6Si2/c1-25(2,3)37(8,9)34-20-28(31)16-15-27(29-33-19-21-13-11-10-12-14-21)18-23(30)35-24(27)22(28)17-26(4,5)36(6,7)32/h10-16,22,24,29,31-32H,17-20H2,1-9H3/t22-,24+,27-,28+/m0/s1. The highest BCUT2D eigenvalue weighted by Gasteiger charge is 2.61. The largest absolute Gasteiger partial charge is 0.459 e. The van der Waals surface area contributed by atoms with Crippen LogP contribution in [0.25, 0.3) is 0 Å². The third kappa shape index (κ3) is 6.46. The summed E-state index contributed by atoms with van der Waals surface area (Å²) < 4.78 is 12.4. The number of carbonyl (C=O) groups is 1. The topological polar surface area (TPSA) is 97.3 Å². The minimum atomic E-state index is -2.64. The molecular formula is C28H47NO6Si2. The minimum Gasteiger partial charge on any atom is -0.459 e. The summed E-state index contributed by atoms with van der Waals surface area (Å²) in [4.78, 5) is 29.7. The van der Waals surface area contributed by atoms with E-state index in [4.69, 9.17) is 14.0 Å². The fourth-order valence-electron chi connectivity index (χ4n) is 4.61. The van der Waals surface area contributed by atoms with E-state index in [-0.39, 0.29) is 24.0 Å². The van der Waals surface area contributed by atoms with Crippen LogP contribution < -0.4 is 5.48 Å². The average molecular weight is 550 g/mol. The van der Waals surface area contributed by atoms with Crippen molar-refractivity contribution < 1.29 is 28.7 Å². The molecule has 0 saturated carbocycles. The number of fused-ring (bicyclic) bond motifs is 1. The Labute approximate surface area is 224 Å². The molecule has 2 aliphatic rings. The molecule has 1 aromatic rings. The summed E-state index contributed by atoms with van der Waals surface area (Å²) >= 11 is 0. The zero-order valence-corrected chi connectivity index (χ0v) is 26.1. The Bertz CT molecular complexity index is 985. The van der Waals surface area contributed by atoms with Crippen LogP contribution in [0.4, 0.5) is 0 Å². The Kier molecular flexibility index (Phi) is 8.43. The molecule has 1 fully saturated rings. The van der Waals surface area contributed by atoms with Crippen molar-refractivity contribution in [1.29, 1.82) is 0 Å². The molecule has 0 unspecified atom stereocenters. The smallest absolute Gasteiger partial charge is 0.308 e. The Hall–Kier alpha value is -1.34. The maximum absolute atomic E-state index is 12.7. The number of carbonyl (C=O) groups excluding carboxylic acids is 1. The van der Waals surface area contributed by atoms with Crippen LogP contribution in [0.5, 0.6) is 0 Å². The highest BCUT2D eigenvalue weighted by atomic mass is 28.4. The lowest BCUT2D eigenvalue weighted by Gasteiger charge is -2.50. The van der Waals surface area contributed by atoms with Crippen molar-refractivity contribution in [1.82, 2.24) is 5.48 Å². The van der Waals surface area contributed by atoms with E-state index in [1.165, 1.54) is 0 Å². The Morgan fingerprint density at radius 3 is 2.27 bits per heavy atom. The molecule has 1 aliphatic heterocycles. The van der Waals surface area contributed by atoms with Crippen molar-refractivity contribution in [3.05, 3.63) is 48.0 Å². The Balaban J connectivity index is 1.95. The zero-order chi connectivity index (χ0) is 27.9. The monoisotopic (exact) mass is 549 g/mol. The maximum Gasteiger partial charge on any atom is 0.308 e. The van der Waals surface area contributed by atoms with Gasteiger partial charge in [-0.2, -0.15) is 5.48 Å². The molecule has 9 heteroatoms. The lowest BCUT2D eigenvalue weighted by atomic mass is 9.67. The van der Waals surface area contributed by atoms with E-state index < -0.39 is 44.8 Å². The molecule has 3 rings (SSSR count). The summed E-state index contributed by atoms with van der Waals surface area (Å²) in [7, 11) is -4.80. The van der Waals surface area contributed by atoms with Gasteiger partial charge in [0.2, 0.25) is 0 Å². The number of hydrogen-bond acceptors (Lipinski definition) is 7. The number of rotatable bonds is 10. The Morgan fingerprint density at radius 1 is 1.08 bits per heavy atom. The molecule has 0 bridgehead atoms. The van der Waals surface area contributed by atoms with Crippen LogP contribution in [0.2, 0.25) is 36.3 Å². The van der Waals surface area contributed by atoms with Gasteiger partial charge in [-0.3, -0.25) is 9.63 Å². The number of benzene rings is 1. The van der Waals surface area contributed by atoms with Gasteiger partial charge in [0, 0.05) is 5.92 Å². The number of hydroxylamine groups is 1. The molecular weight excluding hydrogens is 502 g/mol. The summed E-state index contributed by atoms with van der Waals surface area (Å²) in [5, 5.41) is 11.6. The molecule has 1 aromatic carbocycles. The van der Waals surface area contributed by atoms with Crippen LogP contribution in [-0.2, 0) is 25.4 Å². The molecule has 208 valence electrons. The van der Waals surface area contributed by atoms with E-state index >= 15 is 0 Å². The third-order valence-electron chi connectivity index (χ3n) is 9.08. The van der Waals surface area contributed by atoms with Gasteiger partial charge >= 0.3 is 5.97 Å². The summed E-state index contributed by atoms with van der Waals surface area (Å²) in [6, 6.07) is 9.79. The van der Waals surface area contributed by atoms with Crippen LogP contribution in [0.3, 0.4) is 0 Å². The molecule has 4 atom stereocenters. The van der Waals surface area contributed by atoms with Crippen molar-refractivity contribution in [3.8, 4) is 0 Å². The van der Waals surface area contributed by atoms with Gasteiger partial charge in [0.25, 0.3) is 0 Å². The van der Waals surface area contributed by atoms with Gasteiger partial charge in [0.05, 0.1) is 19.6 Å². The molecule has 1 aliphatic carbocycles. The van der Waals surface area contributed by atoms with E-state index in [9.17, 15) is 14.7 Å². The number of esters is 1. The molecule has 0 aromatic heterocycles. The molecule has 1 saturated heterocycles. The maximum atomic E-state index is 12.7. The minimum absolute atomic E-state index is 0.0209. The summed E-state index contributed by atoms with van der Waals surface area (Å²) in [5.41, 5.74) is 1.85. The first-order chi connectivity index (χ1) is 16.8. The van der Waals surface area contributed by atoms with Crippen LogP contribution in [-0.4, -0.2) is 56.4 Å². The van der Waals surface area contributed by atoms with Gasteiger partial charge in [-0.25, -0.2) is 0 Å². The highest BCUT2D eigenvalue weighted by Crippen LogP contribution is 2.52. The lowest BCUT2D eigenvalue weighted by molar-refractivity contribution is -0.154. The quantitative estimate of drug-likeness (QED) is 0.162. The lowest BCUT2D eigenvalue weighted by Crippen LogP contribution is -2.63. The second-order valence-electron chi connectivity index (χ2n) is 13.6. The van der Waals surface area contributed by atoms with Crippen LogP contribution >= 0.6 is 0 Å². The van der Waals surface area contributed by atoms with E-state index in [1.54, 1.807) is 6.08 Å². The van der Waals surface area contributed by atoms with Crippen molar-refractivity contribution in [2.75, 3.05) is 6.61 Å². The van der Waals surface area contributed by atoms with Gasteiger partial charge in [0.15, 0.2) is 16.6 Å². The molecule has 37 heavy (non-hydrogen) atoms. The molecule has 7 nitrogen and oxygen atoms in total. The van der Waals surface area contributed by atoms with E-state index in [2.05, 4.69) is 39.3 Å². The van der Waals surface area contributed by atoms with Crippen LogP contribution in [0.15, 0.2) is 42.5 Å². The number of ether oxygens (including phenoxy) is 1. The van der Waals surface area contributed by atoms with Crippen molar-refractivity contribution in [2.45, 2.75) is 108 Å². The molecule has 0 amide bonds. The van der Waals surface area contributed by atoms with Gasteiger partial charge in [-0.15, -0.1) is 0 Å². The molecule has 3 N–H and O–H groups in total. The van der Waals surface area contributed by atoms with Crippen LogP contribution in [0.1, 0.15) is 53.0 Å². The predicted octanol–water partition coefficient (Wildman–Crippen LogP) is 5.07. The van der Waals surface area contributed by atoms with Crippen LogP contribution in [0, 0.1) is 5.92 Å². The first kappa shape index (κ1) is 30.2. The normalized spacial score (nSPS) is 28.8. The predicted molar refractivity (Wildman–Crippen MR) is 151 cm³/mol. The Morgan fingerprint density at radius 2 is 1.70 bits per heavy atom. The first-order valence-corrected chi connectivity index (χ1v) is 19.1. The number of aliphatic hydroxyl groups is 1. The van der Waals surface area contributed by atoms with E-state index in [0.29, 0.717) is 13.0 Å². The summed E-state index contributed by atoms with van der Waals surface area (Å²) in [5.74, 6) is -0.848. The fraction of sp³-hybridized carbons (Fsp3) is 0.679. The van der Waals surface area contributed by atoms with Gasteiger partial charge < -0.3 is 19.1 Å². The zero-order valence-electron chi connectivity index (χ0n) is 24.1. The van der Waals surface area contributed by atoms with E-state index in [1.807, 2.05) is 63.3 Å². The third-order valence-corrected chi connectivity index (χ3v) is 17.1. The SMILES string of the molecule is CC(C)(C[C@H]1[C@H]2OC(=O)C[C@@]2(NOCc2ccccc2)C=C[C@@]1(O)CO[Si](C)(C)C(C)(C)C)[Si](C)(C)O. The number of nitrogens with one attached hydrogen (secondary N) is 1. The highest BCUT2D eigenvalue weighted by molar-refractivity contribution is 6.74. The van der Waals surface area contributed by atoms with Gasteiger partial charge in [0.1, 0.15) is 17.2 Å². The van der Waals surface area contributed by atoms with Gasteiger partial charge in [-0.1, -0.05) is 77.1 Å². The van der Waals surface area contributed by atoms with Crippen molar-refractivity contribution in [2.24, 2.45) is 5.92 Å². The average Bonchev–Trinajstić information content (AvgIpc) is 3.10. The summed E-state index contributed by atoms with van der Waals surface area (Å²) in [6.07, 6.45) is 3.48. The fourth-order valence-corrected chi connectivity index (χ4v) is 6.35. The van der Waals surface area contributed by atoms with Crippen molar-refractivity contribution >= 4 is 22.6 Å². The summed E-state index contributed by atoms with van der Waals surface area (Å²) in [6.45, 7) is 19.1. The number of hydrogen-bond donors (Lipinski definition) is 3. The molecule has 1 heterocycles. The second kappa shape index (κ2) is 10.3. The van der Waals surface area contributed by atoms with Gasteiger partial charge in [-0.05, 0) is 48.2 Å². The van der Waals surface area contributed by atoms with Crippen molar-refractivity contribution in [3.63, 3.8) is 0 Å². The molecule has 0 radical (unpaired) electrons.